The smallest absolute Gasteiger partial charge is 0.305 e. The molecule has 0 bridgehead atoms. The molecule has 2 heterocycles. The molecule has 2 rings (SSSR count). The van der Waals surface area contributed by atoms with Crippen molar-refractivity contribution in [1.82, 2.24) is 9.71 Å². The number of hydrogen-bond acceptors (Lipinski definition) is 5. The van der Waals surface area contributed by atoms with Gasteiger partial charge in [0.1, 0.15) is 0 Å². The maximum atomic E-state index is 12.0. The molecule has 0 spiro atoms. The molecule has 1 saturated heterocycles. The minimum Gasteiger partial charge on any atom is -0.315 e. The molecular weight excluding hydrogens is 292 g/mol. The number of hydrogen-bond donors (Lipinski definition) is 2. The highest BCUT2D eigenvalue weighted by molar-refractivity contribution is 8.00. The lowest BCUT2D eigenvalue weighted by Gasteiger charge is -2.21. The van der Waals surface area contributed by atoms with E-state index in [1.54, 1.807) is 6.92 Å². The first-order valence-corrected chi connectivity index (χ1v) is 9.15. The van der Waals surface area contributed by atoms with Gasteiger partial charge in [0.2, 0.25) is 0 Å². The van der Waals surface area contributed by atoms with Crippen molar-refractivity contribution in [3.05, 3.63) is 15.4 Å². The number of aryl methyl sites for hydroxylation is 1. The minimum absolute atomic E-state index is 0.105. The molecule has 1 unspecified atom stereocenters. The fraction of sp³-hybridized carbons (Fsp3) is 0.700. The Labute approximate surface area is 114 Å². The van der Waals surface area contributed by atoms with Crippen LogP contribution >= 0.6 is 23.1 Å². The van der Waals surface area contributed by atoms with Gasteiger partial charge in [-0.15, -0.1) is 0 Å². The van der Waals surface area contributed by atoms with Gasteiger partial charge in [0.15, 0.2) is 4.21 Å². The topological polar surface area (TPSA) is 79.0 Å². The molecule has 0 amide bonds. The number of rotatable bonds is 4. The first kappa shape index (κ1) is 14.1. The minimum atomic E-state index is -3.55. The van der Waals surface area contributed by atoms with Gasteiger partial charge in [-0.2, -0.15) is 11.8 Å². The Bertz CT molecular complexity index is 555. The summed E-state index contributed by atoms with van der Waals surface area (Å²) in [7, 11) is -3.55. The van der Waals surface area contributed by atoms with E-state index in [0.29, 0.717) is 17.5 Å². The van der Waals surface area contributed by atoms with Crippen LogP contribution in [0.5, 0.6) is 0 Å². The Morgan fingerprint density at radius 2 is 2.22 bits per heavy atom. The SMILES string of the molecule is Cc1[nH]c(=O)sc1S(=O)(=O)NCC1CCCCS1. The third kappa shape index (κ3) is 3.37. The highest BCUT2D eigenvalue weighted by Gasteiger charge is 2.22. The van der Waals surface area contributed by atoms with Crippen molar-refractivity contribution in [1.29, 1.82) is 0 Å². The molecule has 0 aliphatic carbocycles. The summed E-state index contributed by atoms with van der Waals surface area (Å²) >= 11 is 2.55. The van der Waals surface area contributed by atoms with Crippen molar-refractivity contribution in [3.63, 3.8) is 0 Å². The van der Waals surface area contributed by atoms with Crippen LogP contribution in [0.25, 0.3) is 0 Å². The molecule has 1 aromatic heterocycles. The Morgan fingerprint density at radius 1 is 1.44 bits per heavy atom. The van der Waals surface area contributed by atoms with Gasteiger partial charge >= 0.3 is 4.87 Å². The van der Waals surface area contributed by atoms with E-state index in [0.717, 1.165) is 29.9 Å². The zero-order chi connectivity index (χ0) is 13.2. The molecule has 1 aliphatic heterocycles. The predicted octanol–water partition coefficient (Wildman–Crippen LogP) is 1.31. The van der Waals surface area contributed by atoms with Crippen molar-refractivity contribution in [2.75, 3.05) is 12.3 Å². The normalized spacial score (nSPS) is 21.1. The fourth-order valence-electron chi connectivity index (χ4n) is 1.88. The van der Waals surface area contributed by atoms with Crippen molar-refractivity contribution in [3.8, 4) is 0 Å². The lowest BCUT2D eigenvalue weighted by molar-refractivity contribution is 0.575. The Morgan fingerprint density at radius 3 is 2.78 bits per heavy atom. The Balaban J connectivity index is 2.03. The summed E-state index contributed by atoms with van der Waals surface area (Å²) in [4.78, 5) is 13.3. The third-order valence-corrected chi connectivity index (χ3v) is 7.23. The highest BCUT2D eigenvalue weighted by Crippen LogP contribution is 2.25. The highest BCUT2D eigenvalue weighted by atomic mass is 32.2. The van der Waals surface area contributed by atoms with Gasteiger partial charge in [-0.3, -0.25) is 4.79 Å². The van der Waals surface area contributed by atoms with Gasteiger partial charge in [-0.25, -0.2) is 13.1 Å². The van der Waals surface area contributed by atoms with E-state index in [1.165, 1.54) is 6.42 Å². The van der Waals surface area contributed by atoms with Crippen LogP contribution in [-0.2, 0) is 10.0 Å². The van der Waals surface area contributed by atoms with Crippen molar-refractivity contribution in [2.45, 2.75) is 35.6 Å². The number of sulfonamides is 1. The van der Waals surface area contributed by atoms with Crippen LogP contribution in [0.2, 0.25) is 0 Å². The zero-order valence-corrected chi connectivity index (χ0v) is 12.5. The first-order valence-electron chi connectivity index (χ1n) is 5.80. The average molecular weight is 308 g/mol. The molecule has 5 nitrogen and oxygen atoms in total. The molecule has 1 atom stereocenters. The number of nitrogens with one attached hydrogen (secondary N) is 2. The van der Waals surface area contributed by atoms with Gasteiger partial charge in [0.25, 0.3) is 10.0 Å². The van der Waals surface area contributed by atoms with Crippen LogP contribution in [0.15, 0.2) is 9.00 Å². The van der Waals surface area contributed by atoms with Gasteiger partial charge in [0.05, 0.1) is 0 Å². The molecule has 1 aliphatic rings. The van der Waals surface area contributed by atoms with E-state index in [4.69, 9.17) is 0 Å². The molecule has 0 radical (unpaired) electrons. The molecule has 0 saturated carbocycles. The van der Waals surface area contributed by atoms with Gasteiger partial charge in [0, 0.05) is 17.5 Å². The summed E-state index contributed by atoms with van der Waals surface area (Å²) in [6, 6.07) is 0. The van der Waals surface area contributed by atoms with Crippen molar-refractivity contribution >= 4 is 33.1 Å². The van der Waals surface area contributed by atoms with Gasteiger partial charge in [-0.1, -0.05) is 17.8 Å². The molecule has 0 aromatic carbocycles. The molecule has 2 N–H and O–H groups in total. The molecule has 1 aromatic rings. The zero-order valence-electron chi connectivity index (χ0n) is 10.1. The number of aromatic nitrogens is 1. The number of thiazole rings is 1. The van der Waals surface area contributed by atoms with Crippen LogP contribution in [0.3, 0.4) is 0 Å². The summed E-state index contributed by atoms with van der Waals surface area (Å²) < 4.78 is 26.8. The number of thioether (sulfide) groups is 1. The monoisotopic (exact) mass is 308 g/mol. The maximum absolute atomic E-state index is 12.0. The van der Waals surface area contributed by atoms with E-state index in [2.05, 4.69) is 9.71 Å². The van der Waals surface area contributed by atoms with Crippen LogP contribution in [0.1, 0.15) is 25.0 Å². The first-order chi connectivity index (χ1) is 8.49. The lowest BCUT2D eigenvalue weighted by atomic mass is 10.2. The Kier molecular flexibility index (Phi) is 4.52. The second-order valence-corrected chi connectivity index (χ2v) is 8.62. The standard InChI is InChI=1S/C10H16N2O3S3/c1-7-9(17-10(13)12-7)18(14,15)11-6-8-4-2-3-5-16-8/h8,11H,2-6H2,1H3,(H,12,13). The van der Waals surface area contributed by atoms with E-state index >= 15 is 0 Å². The van der Waals surface area contributed by atoms with Crippen LogP contribution < -0.4 is 9.60 Å². The van der Waals surface area contributed by atoms with Crippen LogP contribution in [-0.4, -0.2) is 30.9 Å². The van der Waals surface area contributed by atoms with E-state index in [1.807, 2.05) is 11.8 Å². The summed E-state index contributed by atoms with van der Waals surface area (Å²) in [6.45, 7) is 2.04. The summed E-state index contributed by atoms with van der Waals surface area (Å²) in [5.41, 5.74) is 0.411. The van der Waals surface area contributed by atoms with Gasteiger partial charge < -0.3 is 4.98 Å². The Hall–Kier alpha value is -0.310. The predicted molar refractivity (Wildman–Crippen MR) is 75.0 cm³/mol. The van der Waals surface area contributed by atoms with Crippen molar-refractivity contribution < 1.29 is 8.42 Å². The largest absolute Gasteiger partial charge is 0.315 e. The fourth-order valence-corrected chi connectivity index (χ4v) is 5.65. The molecular formula is C10H16N2O3S3. The second kappa shape index (κ2) is 5.77. The molecule has 1 fully saturated rings. The maximum Gasteiger partial charge on any atom is 0.305 e. The summed E-state index contributed by atoms with van der Waals surface area (Å²) in [6.07, 6.45) is 3.43. The van der Waals surface area contributed by atoms with E-state index in [9.17, 15) is 13.2 Å². The second-order valence-electron chi connectivity index (χ2n) is 4.27. The summed E-state index contributed by atoms with van der Waals surface area (Å²) in [5.74, 6) is 1.10. The summed E-state index contributed by atoms with van der Waals surface area (Å²) in [5, 5.41) is 0.351. The van der Waals surface area contributed by atoms with Crippen LogP contribution in [0, 0.1) is 6.92 Å². The molecule has 18 heavy (non-hydrogen) atoms. The molecule has 102 valence electrons. The van der Waals surface area contributed by atoms with E-state index in [-0.39, 0.29) is 9.08 Å². The number of aromatic amines is 1. The quantitative estimate of drug-likeness (QED) is 0.879. The van der Waals surface area contributed by atoms with E-state index < -0.39 is 10.0 Å². The average Bonchev–Trinajstić information content (AvgIpc) is 2.68. The molecule has 8 heteroatoms. The van der Waals surface area contributed by atoms with Crippen LogP contribution in [0.4, 0.5) is 0 Å². The lowest BCUT2D eigenvalue weighted by Crippen LogP contribution is -2.31. The van der Waals surface area contributed by atoms with Gasteiger partial charge in [-0.05, 0) is 25.5 Å². The number of H-pyrrole nitrogens is 1. The van der Waals surface area contributed by atoms with Crippen molar-refractivity contribution in [2.24, 2.45) is 0 Å². The third-order valence-electron chi connectivity index (χ3n) is 2.80.